The van der Waals surface area contributed by atoms with Crippen LogP contribution in [0.5, 0.6) is 11.5 Å². The van der Waals surface area contributed by atoms with E-state index < -0.39 is 5.91 Å². The van der Waals surface area contributed by atoms with Crippen LogP contribution < -0.4 is 10.5 Å². The summed E-state index contributed by atoms with van der Waals surface area (Å²) in [5, 5.41) is 19.9. The summed E-state index contributed by atoms with van der Waals surface area (Å²) in [6.45, 7) is 2.40. The summed E-state index contributed by atoms with van der Waals surface area (Å²) >= 11 is 0. The van der Waals surface area contributed by atoms with E-state index in [0.29, 0.717) is 30.9 Å². The quantitative estimate of drug-likeness (QED) is 0.483. The number of carbonyl (C=O) groups excluding carboxylic acids is 2. The number of H-pyrrole nitrogens is 1. The minimum Gasteiger partial charge on any atom is -0.507 e. The number of nitrogens with zero attached hydrogens (tertiary/aromatic N) is 2. The first-order valence-electron chi connectivity index (χ1n) is 7.35. The highest BCUT2D eigenvalue weighted by atomic mass is 16.5. The van der Waals surface area contributed by atoms with Crippen LogP contribution in [0.1, 0.15) is 30.3 Å². The van der Waals surface area contributed by atoms with Gasteiger partial charge in [0.15, 0.2) is 5.69 Å². The third kappa shape index (κ3) is 4.22. The SMILES string of the molecule is CCOC(=O)CCCOc1ccc(-c2n[nH]nc2C(N)=O)c(O)c1. The Hall–Kier alpha value is -3.10. The van der Waals surface area contributed by atoms with Gasteiger partial charge in [0, 0.05) is 18.1 Å². The van der Waals surface area contributed by atoms with Crippen molar-refractivity contribution in [2.75, 3.05) is 13.2 Å². The second-order valence-electron chi connectivity index (χ2n) is 4.82. The minimum atomic E-state index is -0.752. The number of ether oxygens (including phenoxy) is 2. The van der Waals surface area contributed by atoms with Crippen LogP contribution >= 0.6 is 0 Å². The number of primary amides is 1. The molecule has 0 aliphatic rings. The summed E-state index contributed by atoms with van der Waals surface area (Å²) < 4.78 is 10.3. The summed E-state index contributed by atoms with van der Waals surface area (Å²) in [7, 11) is 0. The second-order valence-corrected chi connectivity index (χ2v) is 4.82. The summed E-state index contributed by atoms with van der Waals surface area (Å²) in [6.07, 6.45) is 0.759. The maximum atomic E-state index is 11.3. The predicted molar refractivity (Wildman–Crippen MR) is 83.4 cm³/mol. The zero-order chi connectivity index (χ0) is 17.5. The lowest BCUT2D eigenvalue weighted by Gasteiger charge is -2.08. The summed E-state index contributed by atoms with van der Waals surface area (Å²) in [5.41, 5.74) is 5.60. The molecule has 1 amide bonds. The van der Waals surface area contributed by atoms with Gasteiger partial charge in [-0.3, -0.25) is 9.59 Å². The van der Waals surface area contributed by atoms with Crippen LogP contribution in [0.25, 0.3) is 11.3 Å². The van der Waals surface area contributed by atoms with Crippen molar-refractivity contribution in [1.29, 1.82) is 0 Å². The van der Waals surface area contributed by atoms with Crippen LogP contribution in [0.15, 0.2) is 18.2 Å². The molecule has 0 fully saturated rings. The largest absolute Gasteiger partial charge is 0.507 e. The Labute approximate surface area is 137 Å². The van der Waals surface area contributed by atoms with Gasteiger partial charge in [0.25, 0.3) is 5.91 Å². The smallest absolute Gasteiger partial charge is 0.305 e. The number of esters is 1. The van der Waals surface area contributed by atoms with E-state index in [1.54, 1.807) is 19.1 Å². The van der Waals surface area contributed by atoms with Gasteiger partial charge in [0.1, 0.15) is 17.2 Å². The lowest BCUT2D eigenvalue weighted by Crippen LogP contribution is -2.12. The van der Waals surface area contributed by atoms with E-state index in [9.17, 15) is 14.7 Å². The first-order valence-corrected chi connectivity index (χ1v) is 7.35. The molecule has 0 aliphatic heterocycles. The highest BCUT2D eigenvalue weighted by Gasteiger charge is 2.18. The van der Waals surface area contributed by atoms with Gasteiger partial charge in [-0.2, -0.15) is 15.4 Å². The third-order valence-electron chi connectivity index (χ3n) is 3.10. The molecule has 128 valence electrons. The molecule has 1 heterocycles. The highest BCUT2D eigenvalue weighted by Crippen LogP contribution is 2.32. The monoisotopic (exact) mass is 334 g/mol. The van der Waals surface area contributed by atoms with Crippen molar-refractivity contribution in [3.8, 4) is 22.8 Å². The Kier molecular flexibility index (Phi) is 5.72. The average Bonchev–Trinajstić information content (AvgIpc) is 3.01. The predicted octanol–water partition coefficient (Wildman–Crippen LogP) is 0.998. The number of phenols is 1. The number of rotatable bonds is 8. The number of aromatic hydroxyl groups is 1. The molecule has 2 rings (SSSR count). The number of phenolic OH excluding ortho intramolecular Hbond substituents is 1. The molecule has 0 saturated heterocycles. The molecule has 0 atom stereocenters. The molecule has 1 aromatic heterocycles. The van der Waals surface area contributed by atoms with Gasteiger partial charge in [-0.1, -0.05) is 0 Å². The van der Waals surface area contributed by atoms with Crippen molar-refractivity contribution in [2.24, 2.45) is 5.73 Å². The standard InChI is InChI=1S/C15H18N4O5/c1-2-23-12(21)4-3-7-24-9-5-6-10(11(20)8-9)13-14(15(16)22)18-19-17-13/h5-6,8,20H,2-4,7H2,1H3,(H2,16,22)(H,17,18,19). The van der Waals surface area contributed by atoms with Crippen LogP contribution in [0, 0.1) is 0 Å². The van der Waals surface area contributed by atoms with E-state index in [4.69, 9.17) is 15.2 Å². The van der Waals surface area contributed by atoms with Gasteiger partial charge in [-0.15, -0.1) is 0 Å². The number of nitrogens with one attached hydrogen (secondary N) is 1. The molecule has 2 aromatic rings. The van der Waals surface area contributed by atoms with E-state index in [1.807, 2.05) is 0 Å². The van der Waals surface area contributed by atoms with Gasteiger partial charge in [0.2, 0.25) is 0 Å². The number of nitrogens with two attached hydrogens (primary N) is 1. The first kappa shape index (κ1) is 17.3. The molecule has 0 unspecified atom stereocenters. The van der Waals surface area contributed by atoms with Gasteiger partial charge >= 0.3 is 5.97 Å². The van der Waals surface area contributed by atoms with Gasteiger partial charge in [-0.05, 0) is 25.5 Å². The van der Waals surface area contributed by atoms with Crippen LogP contribution in [0.2, 0.25) is 0 Å². The summed E-state index contributed by atoms with van der Waals surface area (Å²) in [4.78, 5) is 22.5. The van der Waals surface area contributed by atoms with Crippen molar-refractivity contribution in [3.05, 3.63) is 23.9 Å². The van der Waals surface area contributed by atoms with Crippen LogP contribution in [-0.4, -0.2) is 45.6 Å². The molecule has 0 spiro atoms. The topological polar surface area (TPSA) is 140 Å². The third-order valence-corrected chi connectivity index (χ3v) is 3.10. The number of hydrogen-bond acceptors (Lipinski definition) is 7. The lowest BCUT2D eigenvalue weighted by atomic mass is 10.1. The number of benzene rings is 1. The van der Waals surface area contributed by atoms with Crippen molar-refractivity contribution in [1.82, 2.24) is 15.4 Å². The molecular weight excluding hydrogens is 316 g/mol. The van der Waals surface area contributed by atoms with E-state index in [-0.39, 0.29) is 29.5 Å². The minimum absolute atomic E-state index is 0.0617. The normalized spacial score (nSPS) is 10.4. The molecule has 1 aromatic carbocycles. The van der Waals surface area contributed by atoms with Crippen molar-refractivity contribution in [3.63, 3.8) is 0 Å². The number of aromatic nitrogens is 3. The summed E-state index contributed by atoms with van der Waals surface area (Å²) in [6, 6.07) is 4.54. The van der Waals surface area contributed by atoms with Crippen LogP contribution in [0.4, 0.5) is 0 Å². The van der Waals surface area contributed by atoms with Crippen molar-refractivity contribution >= 4 is 11.9 Å². The van der Waals surface area contributed by atoms with Gasteiger partial charge in [0.05, 0.1) is 13.2 Å². The zero-order valence-corrected chi connectivity index (χ0v) is 13.1. The fourth-order valence-corrected chi connectivity index (χ4v) is 2.03. The average molecular weight is 334 g/mol. The lowest BCUT2D eigenvalue weighted by molar-refractivity contribution is -0.143. The Balaban J connectivity index is 1.98. The molecule has 9 heteroatoms. The Morgan fingerprint density at radius 1 is 1.33 bits per heavy atom. The maximum Gasteiger partial charge on any atom is 0.305 e. The van der Waals surface area contributed by atoms with E-state index in [2.05, 4.69) is 15.4 Å². The molecule has 0 saturated carbocycles. The van der Waals surface area contributed by atoms with Gasteiger partial charge < -0.3 is 20.3 Å². The maximum absolute atomic E-state index is 11.3. The second kappa shape index (κ2) is 7.95. The number of amides is 1. The number of carbonyl (C=O) groups is 2. The zero-order valence-electron chi connectivity index (χ0n) is 13.1. The molecule has 9 nitrogen and oxygen atoms in total. The van der Waals surface area contributed by atoms with Crippen LogP contribution in [0.3, 0.4) is 0 Å². The van der Waals surface area contributed by atoms with E-state index in [0.717, 1.165) is 0 Å². The number of aromatic amines is 1. The van der Waals surface area contributed by atoms with Crippen LogP contribution in [-0.2, 0) is 9.53 Å². The fourth-order valence-electron chi connectivity index (χ4n) is 2.03. The van der Waals surface area contributed by atoms with Crippen molar-refractivity contribution in [2.45, 2.75) is 19.8 Å². The Morgan fingerprint density at radius 2 is 2.12 bits per heavy atom. The molecule has 0 radical (unpaired) electrons. The molecular formula is C15H18N4O5. The van der Waals surface area contributed by atoms with E-state index in [1.165, 1.54) is 6.07 Å². The molecule has 24 heavy (non-hydrogen) atoms. The molecule has 4 N–H and O–H groups in total. The van der Waals surface area contributed by atoms with E-state index >= 15 is 0 Å². The molecule has 0 bridgehead atoms. The summed E-state index contributed by atoms with van der Waals surface area (Å²) in [5.74, 6) is -0.736. The first-order chi connectivity index (χ1) is 11.5. The number of hydrogen-bond donors (Lipinski definition) is 3. The Morgan fingerprint density at radius 3 is 2.79 bits per heavy atom. The molecule has 0 aliphatic carbocycles. The van der Waals surface area contributed by atoms with Crippen molar-refractivity contribution < 1.29 is 24.2 Å². The fraction of sp³-hybridized carbons (Fsp3) is 0.333. The van der Waals surface area contributed by atoms with Gasteiger partial charge in [-0.25, -0.2) is 0 Å². The highest BCUT2D eigenvalue weighted by molar-refractivity contribution is 5.97. The Bertz CT molecular complexity index is 728.